The van der Waals surface area contributed by atoms with E-state index in [2.05, 4.69) is 50.3 Å². The molecule has 0 radical (unpaired) electrons. The molecule has 1 unspecified atom stereocenters. The first kappa shape index (κ1) is 25.3. The highest BCUT2D eigenvalue weighted by molar-refractivity contribution is 6.77. The largest absolute Gasteiger partial charge is 0.501 e. The molecule has 0 N–H and O–H groups in total. The van der Waals surface area contributed by atoms with Crippen LogP contribution >= 0.6 is 0 Å². The van der Waals surface area contributed by atoms with Crippen molar-refractivity contribution in [2.24, 2.45) is 5.92 Å². The lowest BCUT2D eigenvalue weighted by Crippen LogP contribution is -2.61. The van der Waals surface area contributed by atoms with Crippen LogP contribution in [-0.2, 0) is 13.3 Å². The lowest BCUT2D eigenvalue weighted by atomic mass is 10.2. The average Bonchev–Trinajstić information content (AvgIpc) is 2.55. The molecule has 0 aromatic rings. The summed E-state index contributed by atoms with van der Waals surface area (Å²) in [4.78, 5) is 2.62. The summed E-state index contributed by atoms with van der Waals surface area (Å²) in [6.45, 7) is 28.5. The molecule has 1 fully saturated rings. The van der Waals surface area contributed by atoms with Crippen LogP contribution in [0.2, 0.25) is 24.2 Å². The second-order valence-corrected chi connectivity index (χ2v) is 17.3. The molecule has 1 rings (SSSR count). The molecule has 0 amide bonds. The van der Waals surface area contributed by atoms with Gasteiger partial charge in [0.1, 0.15) is 8.24 Å². The first-order chi connectivity index (χ1) is 12.5. The molecular weight excluding hydrogens is 372 g/mol. The Morgan fingerprint density at radius 2 is 1.30 bits per heavy atom. The Hall–Kier alpha value is 0.234. The second-order valence-electron chi connectivity index (χ2n) is 9.39. The first-order valence-electron chi connectivity index (χ1n) is 10.9. The zero-order chi connectivity index (χ0) is 20.7. The van der Waals surface area contributed by atoms with E-state index in [1.165, 1.54) is 26.2 Å². The standard InChI is InChI=1S/C20H46N2O3Si2/c1-10-23-27(24-11-2,25-12-3)18-19(4)17-21-13-15-22(16-14-21)26(8,9)20(5,6)7/h19H,10-18H2,1-9H3. The zero-order valence-corrected chi connectivity index (χ0v) is 21.6. The van der Waals surface area contributed by atoms with E-state index in [9.17, 15) is 0 Å². The minimum absolute atomic E-state index is 0.417. The van der Waals surface area contributed by atoms with Crippen molar-refractivity contribution in [2.45, 2.75) is 72.6 Å². The van der Waals surface area contributed by atoms with E-state index in [1.54, 1.807) is 0 Å². The maximum absolute atomic E-state index is 6.04. The molecule has 0 bridgehead atoms. The zero-order valence-electron chi connectivity index (χ0n) is 19.6. The van der Waals surface area contributed by atoms with Gasteiger partial charge in [0.05, 0.1) is 0 Å². The molecule has 1 heterocycles. The molecule has 1 aliphatic rings. The van der Waals surface area contributed by atoms with Gasteiger partial charge in [-0.3, -0.25) is 0 Å². The van der Waals surface area contributed by atoms with Crippen molar-refractivity contribution in [3.05, 3.63) is 0 Å². The normalized spacial score (nSPS) is 19.4. The van der Waals surface area contributed by atoms with Crippen LogP contribution < -0.4 is 0 Å². The third-order valence-electron chi connectivity index (χ3n) is 6.26. The molecule has 1 atom stereocenters. The molecule has 5 nitrogen and oxygen atoms in total. The Kier molecular flexibility index (Phi) is 10.2. The van der Waals surface area contributed by atoms with Crippen LogP contribution in [0.15, 0.2) is 0 Å². The van der Waals surface area contributed by atoms with Gasteiger partial charge in [-0.2, -0.15) is 0 Å². The third-order valence-corrected chi connectivity index (χ3v) is 15.3. The van der Waals surface area contributed by atoms with Crippen LogP contribution in [-0.4, -0.2) is 79.0 Å². The molecule has 1 aliphatic heterocycles. The van der Waals surface area contributed by atoms with Crippen molar-refractivity contribution in [3.8, 4) is 0 Å². The summed E-state index contributed by atoms with van der Waals surface area (Å²) in [6, 6.07) is 0.908. The van der Waals surface area contributed by atoms with Gasteiger partial charge in [-0.05, 0) is 31.7 Å². The van der Waals surface area contributed by atoms with Crippen LogP contribution in [0, 0.1) is 5.92 Å². The molecule has 7 heteroatoms. The summed E-state index contributed by atoms with van der Waals surface area (Å²) in [6.07, 6.45) is 0. The van der Waals surface area contributed by atoms with Crippen LogP contribution in [0.4, 0.5) is 0 Å². The Bertz CT molecular complexity index is 405. The highest BCUT2D eigenvalue weighted by atomic mass is 28.4. The number of nitrogens with zero attached hydrogens (tertiary/aromatic N) is 2. The van der Waals surface area contributed by atoms with E-state index < -0.39 is 17.0 Å². The third kappa shape index (κ3) is 7.21. The van der Waals surface area contributed by atoms with E-state index >= 15 is 0 Å². The van der Waals surface area contributed by atoms with Crippen molar-refractivity contribution < 1.29 is 13.3 Å². The molecular formula is C20H46N2O3Si2. The van der Waals surface area contributed by atoms with Gasteiger partial charge in [0.15, 0.2) is 0 Å². The average molecular weight is 419 g/mol. The summed E-state index contributed by atoms with van der Waals surface area (Å²) >= 11 is 0. The first-order valence-corrected chi connectivity index (χ1v) is 15.8. The summed E-state index contributed by atoms with van der Waals surface area (Å²) in [5.74, 6) is 0.515. The van der Waals surface area contributed by atoms with Crippen molar-refractivity contribution in [2.75, 3.05) is 52.5 Å². The molecule has 0 saturated carbocycles. The van der Waals surface area contributed by atoms with Crippen molar-refractivity contribution >= 4 is 17.0 Å². The molecule has 1 saturated heterocycles. The quantitative estimate of drug-likeness (QED) is 0.468. The minimum atomic E-state index is -2.54. The SMILES string of the molecule is CCO[Si](CC(C)CN1CCN([Si](C)(C)C(C)(C)C)CC1)(OCC)OCC. The Morgan fingerprint density at radius 3 is 1.67 bits per heavy atom. The molecule has 0 aromatic carbocycles. The van der Waals surface area contributed by atoms with E-state index in [4.69, 9.17) is 13.3 Å². The Labute approximate surface area is 171 Å². The summed E-state index contributed by atoms with van der Waals surface area (Å²) in [7, 11) is -3.93. The van der Waals surface area contributed by atoms with Gasteiger partial charge in [-0.25, -0.2) is 0 Å². The van der Waals surface area contributed by atoms with Gasteiger partial charge in [-0.1, -0.05) is 40.8 Å². The summed E-state index contributed by atoms with van der Waals surface area (Å²) in [5.41, 5.74) is 0. The van der Waals surface area contributed by atoms with Crippen LogP contribution in [0.3, 0.4) is 0 Å². The highest BCUT2D eigenvalue weighted by Gasteiger charge is 2.43. The van der Waals surface area contributed by atoms with Gasteiger partial charge < -0.3 is 22.7 Å². The van der Waals surface area contributed by atoms with E-state index in [0.717, 1.165) is 12.6 Å². The van der Waals surface area contributed by atoms with E-state index in [0.29, 0.717) is 30.8 Å². The lowest BCUT2D eigenvalue weighted by molar-refractivity contribution is 0.0645. The number of hydrogen-bond donors (Lipinski definition) is 0. The molecule has 27 heavy (non-hydrogen) atoms. The van der Waals surface area contributed by atoms with Gasteiger partial charge in [0.25, 0.3) is 0 Å². The van der Waals surface area contributed by atoms with Crippen LogP contribution in [0.5, 0.6) is 0 Å². The van der Waals surface area contributed by atoms with Crippen molar-refractivity contribution in [3.63, 3.8) is 0 Å². The van der Waals surface area contributed by atoms with Gasteiger partial charge in [-0.15, -0.1) is 0 Å². The number of rotatable bonds is 11. The smallest absolute Gasteiger partial charge is 0.374 e. The Balaban J connectivity index is 2.59. The van der Waals surface area contributed by atoms with Crippen molar-refractivity contribution in [1.29, 1.82) is 0 Å². The monoisotopic (exact) mass is 418 g/mol. The van der Waals surface area contributed by atoms with E-state index in [-0.39, 0.29) is 0 Å². The molecule has 162 valence electrons. The molecule has 0 aliphatic carbocycles. The van der Waals surface area contributed by atoms with Gasteiger partial charge in [0.2, 0.25) is 0 Å². The summed E-state index contributed by atoms with van der Waals surface area (Å²) in [5, 5.41) is 0.417. The van der Waals surface area contributed by atoms with Gasteiger partial charge >= 0.3 is 8.80 Å². The maximum Gasteiger partial charge on any atom is 0.501 e. The van der Waals surface area contributed by atoms with Crippen LogP contribution in [0.25, 0.3) is 0 Å². The predicted octanol–water partition coefficient (Wildman–Crippen LogP) is 4.29. The minimum Gasteiger partial charge on any atom is -0.374 e. The Morgan fingerprint density at radius 1 is 0.852 bits per heavy atom. The molecule has 0 spiro atoms. The predicted molar refractivity (Wildman–Crippen MR) is 120 cm³/mol. The van der Waals surface area contributed by atoms with Crippen molar-refractivity contribution in [1.82, 2.24) is 9.47 Å². The fourth-order valence-corrected chi connectivity index (χ4v) is 9.03. The maximum atomic E-state index is 6.04. The van der Waals surface area contributed by atoms with Gasteiger partial charge in [0, 0.05) is 58.6 Å². The topological polar surface area (TPSA) is 34.2 Å². The van der Waals surface area contributed by atoms with Crippen LogP contribution in [0.1, 0.15) is 48.5 Å². The second kappa shape index (κ2) is 10.9. The highest BCUT2D eigenvalue weighted by Crippen LogP contribution is 2.38. The number of hydrogen-bond acceptors (Lipinski definition) is 5. The van der Waals surface area contributed by atoms with E-state index in [1.807, 2.05) is 20.8 Å². The lowest BCUT2D eigenvalue weighted by Gasteiger charge is -2.49. The molecule has 0 aromatic heterocycles. The fraction of sp³-hybridized carbons (Fsp3) is 1.00. The number of piperazine rings is 1. The fourth-order valence-electron chi connectivity index (χ4n) is 3.86. The summed E-state index contributed by atoms with van der Waals surface area (Å²) < 4.78 is 20.9.